The summed E-state index contributed by atoms with van der Waals surface area (Å²) in [5, 5.41) is 0. The minimum atomic E-state index is 0.356. The van der Waals surface area contributed by atoms with Crippen LogP contribution in [0, 0.1) is 0 Å². The third-order valence-electron chi connectivity index (χ3n) is 1.30. The van der Waals surface area contributed by atoms with Crippen LogP contribution in [0.25, 0.3) is 0 Å². The summed E-state index contributed by atoms with van der Waals surface area (Å²) in [6.07, 6.45) is 8.96. The average Bonchev–Trinajstić information content (AvgIpc) is 2.14. The van der Waals surface area contributed by atoms with Crippen LogP contribution in [0.4, 0.5) is 0 Å². The van der Waals surface area contributed by atoms with E-state index in [-0.39, 0.29) is 0 Å². The Morgan fingerprint density at radius 2 is 1.86 bits per heavy atom. The quantitative estimate of drug-likeness (QED) is 0.410. The predicted octanol–water partition coefficient (Wildman–Crippen LogP) is -0.650. The molecule has 1 rings (SSSR count). The zero-order valence-electron chi connectivity index (χ0n) is 4.59. The summed E-state index contributed by atoms with van der Waals surface area (Å²) in [5.74, 6) is 0. The van der Waals surface area contributed by atoms with Crippen molar-refractivity contribution in [2.24, 2.45) is 0 Å². The summed E-state index contributed by atoms with van der Waals surface area (Å²) in [6.45, 7) is 0. The summed E-state index contributed by atoms with van der Waals surface area (Å²) in [5.41, 5.74) is 0.937. The monoisotopic (exact) mass is 126 g/mol. The van der Waals surface area contributed by atoms with Crippen LogP contribution in [0.5, 0.6) is 0 Å². The van der Waals surface area contributed by atoms with E-state index >= 15 is 0 Å². The lowest BCUT2D eigenvalue weighted by Crippen LogP contribution is -1.93. The average molecular weight is 126 g/mol. The van der Waals surface area contributed by atoms with Crippen molar-refractivity contribution in [3.8, 4) is 0 Å². The van der Waals surface area contributed by atoms with E-state index < -0.39 is 0 Å². The van der Waals surface area contributed by atoms with E-state index in [2.05, 4.69) is 24.3 Å². The highest BCUT2D eigenvalue weighted by Gasteiger charge is 1.96. The van der Waals surface area contributed by atoms with Crippen LogP contribution in [0.3, 0.4) is 0 Å². The molecule has 0 aromatic rings. The third kappa shape index (κ3) is 1.14. The van der Waals surface area contributed by atoms with Gasteiger partial charge >= 0.3 is 0 Å². The van der Waals surface area contributed by atoms with Crippen molar-refractivity contribution in [3.05, 3.63) is 24.3 Å². The van der Waals surface area contributed by atoms with Crippen molar-refractivity contribution >= 4 is 18.8 Å². The van der Waals surface area contributed by atoms with Crippen LogP contribution < -0.4 is 0 Å². The molecule has 0 aromatic carbocycles. The van der Waals surface area contributed by atoms with E-state index in [1.807, 2.05) is 0 Å². The van der Waals surface area contributed by atoms with Gasteiger partial charge in [0.15, 0.2) is 0 Å². The fourth-order valence-corrected chi connectivity index (χ4v) is 3.24. The predicted molar refractivity (Wildman–Crippen MR) is 40.5 cm³/mol. The molecule has 38 valence electrons. The van der Waals surface area contributed by atoms with Gasteiger partial charge in [-0.05, 0) is 15.3 Å². The Kier molecular flexibility index (Phi) is 1.65. The Morgan fingerprint density at radius 1 is 1.29 bits per heavy atom. The van der Waals surface area contributed by atoms with E-state index in [0.717, 1.165) is 5.54 Å². The zero-order valence-corrected chi connectivity index (χ0v) is 8.01. The van der Waals surface area contributed by atoms with Gasteiger partial charge in [-0.25, -0.2) is 0 Å². The molecule has 0 unspecified atom stereocenters. The molecule has 0 heterocycles. The standard InChI is InChI=1S/C5H10Si2/c6-7-5-3-1-2-4-5/h1-5H,7H2,6H3. The summed E-state index contributed by atoms with van der Waals surface area (Å²) in [6, 6.07) is 0. The lowest BCUT2D eigenvalue weighted by Gasteiger charge is -1.92. The van der Waals surface area contributed by atoms with E-state index in [1.165, 1.54) is 9.76 Å². The van der Waals surface area contributed by atoms with Crippen molar-refractivity contribution in [1.29, 1.82) is 0 Å². The van der Waals surface area contributed by atoms with Crippen LogP contribution in [0.15, 0.2) is 24.3 Å². The smallest absolute Gasteiger partial charge is 0.0173 e. The first-order valence-electron chi connectivity index (χ1n) is 2.78. The number of allylic oxidation sites excluding steroid dienone is 4. The van der Waals surface area contributed by atoms with E-state index in [9.17, 15) is 0 Å². The molecule has 0 atom stereocenters. The molecule has 0 amide bonds. The largest absolute Gasteiger partial charge is 0.0813 e. The highest BCUT2D eigenvalue weighted by molar-refractivity contribution is 6.90. The molecule has 1 aliphatic rings. The van der Waals surface area contributed by atoms with Crippen molar-refractivity contribution in [2.75, 3.05) is 0 Å². The maximum Gasteiger partial charge on any atom is 0.0173 e. The zero-order chi connectivity index (χ0) is 5.11. The van der Waals surface area contributed by atoms with Crippen molar-refractivity contribution in [2.45, 2.75) is 5.54 Å². The fraction of sp³-hybridized carbons (Fsp3) is 0.200. The van der Waals surface area contributed by atoms with Gasteiger partial charge in [0.25, 0.3) is 0 Å². The Hall–Kier alpha value is -0.0862. The number of rotatable bonds is 1. The highest BCUT2D eigenvalue weighted by atomic mass is 29.1. The van der Waals surface area contributed by atoms with Gasteiger partial charge in [0.05, 0.1) is 0 Å². The van der Waals surface area contributed by atoms with Crippen LogP contribution in [0.1, 0.15) is 0 Å². The molecule has 0 bridgehead atoms. The summed E-state index contributed by atoms with van der Waals surface area (Å²) < 4.78 is 0. The Balaban J connectivity index is 2.44. The van der Waals surface area contributed by atoms with Gasteiger partial charge in [-0.1, -0.05) is 24.3 Å². The van der Waals surface area contributed by atoms with Crippen molar-refractivity contribution in [3.63, 3.8) is 0 Å². The van der Waals surface area contributed by atoms with Crippen LogP contribution in [-0.4, -0.2) is 18.8 Å². The van der Waals surface area contributed by atoms with Gasteiger partial charge in [0.2, 0.25) is 0 Å². The highest BCUT2D eigenvalue weighted by Crippen LogP contribution is 2.11. The summed E-state index contributed by atoms with van der Waals surface area (Å²) in [4.78, 5) is 0. The number of hydrogen-bond acceptors (Lipinski definition) is 0. The molecule has 7 heavy (non-hydrogen) atoms. The first-order valence-corrected chi connectivity index (χ1v) is 9.26. The second kappa shape index (κ2) is 2.28. The van der Waals surface area contributed by atoms with Gasteiger partial charge in [-0.15, -0.1) is 0 Å². The van der Waals surface area contributed by atoms with Gasteiger partial charge in [0, 0.05) is 9.04 Å². The molecule has 0 saturated carbocycles. The maximum absolute atomic E-state index is 2.32. The molecular weight excluding hydrogens is 116 g/mol. The van der Waals surface area contributed by atoms with Gasteiger partial charge in [0.1, 0.15) is 0 Å². The Bertz CT molecular complexity index is 92.6. The molecule has 0 aliphatic heterocycles. The van der Waals surface area contributed by atoms with E-state index in [1.54, 1.807) is 0 Å². The Morgan fingerprint density at radius 3 is 2.14 bits per heavy atom. The minimum Gasteiger partial charge on any atom is -0.0813 e. The first-order chi connectivity index (χ1) is 3.43. The lowest BCUT2D eigenvalue weighted by atomic mass is 10.5. The molecular formula is C5H10Si2. The second-order valence-corrected chi connectivity index (χ2v) is 6.05. The molecule has 0 N–H and O–H groups in total. The van der Waals surface area contributed by atoms with E-state index in [4.69, 9.17) is 0 Å². The SMILES string of the molecule is [SiH3][SiH2]C1C=CC=C1. The molecule has 0 saturated heterocycles. The minimum absolute atomic E-state index is 0.356. The van der Waals surface area contributed by atoms with Crippen LogP contribution >= 0.6 is 0 Å². The number of hydrogen-bond donors (Lipinski definition) is 0. The lowest BCUT2D eigenvalue weighted by molar-refractivity contribution is 1.42. The molecule has 0 spiro atoms. The van der Waals surface area contributed by atoms with E-state index in [0.29, 0.717) is 9.04 Å². The first kappa shape index (κ1) is 5.06. The Labute approximate surface area is 49.3 Å². The molecule has 0 radical (unpaired) electrons. The molecule has 1 aliphatic carbocycles. The van der Waals surface area contributed by atoms with Gasteiger partial charge < -0.3 is 0 Å². The second-order valence-electron chi connectivity index (χ2n) is 1.84. The summed E-state index contributed by atoms with van der Waals surface area (Å²) in [7, 11) is 1.82. The normalized spacial score (nSPS) is 21.1. The van der Waals surface area contributed by atoms with Gasteiger partial charge in [-0.2, -0.15) is 0 Å². The maximum atomic E-state index is 2.32. The van der Waals surface area contributed by atoms with Gasteiger partial charge in [-0.3, -0.25) is 0 Å². The fourth-order valence-electron chi connectivity index (χ4n) is 0.750. The van der Waals surface area contributed by atoms with Crippen LogP contribution in [-0.2, 0) is 0 Å². The third-order valence-corrected chi connectivity index (χ3v) is 5.61. The molecule has 0 fully saturated rings. The topological polar surface area (TPSA) is 0 Å². The van der Waals surface area contributed by atoms with Crippen molar-refractivity contribution in [1.82, 2.24) is 0 Å². The van der Waals surface area contributed by atoms with Crippen LogP contribution in [0.2, 0.25) is 5.54 Å². The molecule has 0 aromatic heterocycles. The summed E-state index contributed by atoms with van der Waals surface area (Å²) >= 11 is 0. The van der Waals surface area contributed by atoms with Crippen molar-refractivity contribution < 1.29 is 0 Å². The molecule has 0 nitrogen and oxygen atoms in total. The molecule has 2 heteroatoms.